The number of methoxy groups -OCH3 is 1. The summed E-state index contributed by atoms with van der Waals surface area (Å²) in [6.07, 6.45) is 3.08. The van der Waals surface area contributed by atoms with E-state index >= 15 is 0 Å². The van der Waals surface area contributed by atoms with E-state index in [2.05, 4.69) is 9.84 Å². The number of hydrogen-bond donors (Lipinski definition) is 2. The Bertz CT molecular complexity index is 335. The Balaban J connectivity index is 2.64. The number of carbonyl (C=O) groups is 1. The van der Waals surface area contributed by atoms with Crippen LogP contribution in [-0.4, -0.2) is 34.6 Å². The van der Waals surface area contributed by atoms with E-state index in [1.807, 2.05) is 0 Å². The number of nitrogens with two attached hydrogens (primary N) is 1. The van der Waals surface area contributed by atoms with Gasteiger partial charge in [0.2, 0.25) is 0 Å². The average Bonchev–Trinajstić information content (AvgIpc) is 2.59. The fourth-order valence-corrected chi connectivity index (χ4v) is 1.19. The number of aliphatic hydroxyl groups is 1. The Labute approximate surface area is 87.6 Å². The van der Waals surface area contributed by atoms with Crippen molar-refractivity contribution in [3.63, 3.8) is 0 Å². The van der Waals surface area contributed by atoms with Gasteiger partial charge in [-0.15, -0.1) is 0 Å². The lowest BCUT2D eigenvalue weighted by molar-refractivity contribution is 0.0594. The third kappa shape index (κ3) is 2.95. The summed E-state index contributed by atoms with van der Waals surface area (Å²) in [6.45, 7) is 0.780. The Morgan fingerprint density at radius 3 is 3.00 bits per heavy atom. The average molecular weight is 213 g/mol. The summed E-state index contributed by atoms with van der Waals surface area (Å²) in [4.78, 5) is 11.2. The topological polar surface area (TPSA) is 90.4 Å². The molecule has 0 spiro atoms. The van der Waals surface area contributed by atoms with Crippen molar-refractivity contribution in [2.24, 2.45) is 0 Å². The molecule has 3 N–H and O–H groups in total. The summed E-state index contributed by atoms with van der Waals surface area (Å²) in [5.74, 6) is -0.534. The van der Waals surface area contributed by atoms with E-state index in [9.17, 15) is 4.79 Å². The van der Waals surface area contributed by atoms with Crippen LogP contribution in [0.25, 0.3) is 0 Å². The molecule has 0 saturated heterocycles. The molecule has 0 aliphatic rings. The molecule has 0 saturated carbocycles. The van der Waals surface area contributed by atoms with Crippen LogP contribution in [0.15, 0.2) is 6.20 Å². The third-order valence-electron chi connectivity index (χ3n) is 1.96. The first-order valence-corrected chi connectivity index (χ1v) is 4.71. The van der Waals surface area contributed by atoms with Gasteiger partial charge in [0.15, 0.2) is 5.69 Å². The van der Waals surface area contributed by atoms with Gasteiger partial charge in [-0.3, -0.25) is 4.68 Å². The molecule has 6 heteroatoms. The number of unbranched alkanes of at least 4 members (excludes halogenated alkanes) is 1. The van der Waals surface area contributed by atoms with Crippen LogP contribution in [0.4, 0.5) is 5.69 Å². The zero-order valence-electron chi connectivity index (χ0n) is 8.64. The maximum absolute atomic E-state index is 11.2. The van der Waals surface area contributed by atoms with Gasteiger partial charge in [-0.1, -0.05) is 0 Å². The van der Waals surface area contributed by atoms with E-state index in [0.29, 0.717) is 18.7 Å². The van der Waals surface area contributed by atoms with Crippen LogP contribution in [0.5, 0.6) is 0 Å². The van der Waals surface area contributed by atoms with Gasteiger partial charge in [0.05, 0.1) is 12.8 Å². The summed E-state index contributed by atoms with van der Waals surface area (Å²) in [5, 5.41) is 12.6. The Kier molecular flexibility index (Phi) is 4.11. The molecule has 15 heavy (non-hydrogen) atoms. The Morgan fingerprint density at radius 1 is 1.67 bits per heavy atom. The van der Waals surface area contributed by atoms with E-state index in [1.54, 1.807) is 10.9 Å². The van der Waals surface area contributed by atoms with Gasteiger partial charge in [0, 0.05) is 19.3 Å². The highest BCUT2D eigenvalue weighted by molar-refractivity contribution is 5.92. The van der Waals surface area contributed by atoms with Crippen molar-refractivity contribution >= 4 is 11.7 Å². The molecule has 0 radical (unpaired) electrons. The molecule has 1 aromatic rings. The minimum Gasteiger partial charge on any atom is -0.464 e. The molecular formula is C9H15N3O3. The highest BCUT2D eigenvalue weighted by Crippen LogP contribution is 2.10. The molecular weight excluding hydrogens is 198 g/mol. The van der Waals surface area contributed by atoms with Crippen LogP contribution < -0.4 is 5.73 Å². The van der Waals surface area contributed by atoms with Gasteiger partial charge in [-0.2, -0.15) is 5.10 Å². The van der Waals surface area contributed by atoms with Crippen molar-refractivity contribution in [2.45, 2.75) is 19.4 Å². The first-order valence-electron chi connectivity index (χ1n) is 4.71. The summed E-state index contributed by atoms with van der Waals surface area (Å²) in [7, 11) is 1.28. The minimum absolute atomic E-state index is 0.140. The largest absolute Gasteiger partial charge is 0.464 e. The predicted molar refractivity (Wildman–Crippen MR) is 54.3 cm³/mol. The standard InChI is InChI=1S/C9H15N3O3/c1-15-9(14)8-7(10)6-12(11-8)4-2-3-5-13/h6,13H,2-5,10H2,1H3. The summed E-state index contributed by atoms with van der Waals surface area (Å²) in [5.41, 5.74) is 6.04. The molecule has 0 atom stereocenters. The number of rotatable bonds is 5. The first kappa shape index (κ1) is 11.5. The summed E-state index contributed by atoms with van der Waals surface area (Å²) in [6, 6.07) is 0. The van der Waals surface area contributed by atoms with Gasteiger partial charge in [0.1, 0.15) is 0 Å². The van der Waals surface area contributed by atoms with Crippen LogP contribution in [0, 0.1) is 0 Å². The smallest absolute Gasteiger partial charge is 0.360 e. The number of carbonyl (C=O) groups excluding carboxylic acids is 1. The van der Waals surface area contributed by atoms with Gasteiger partial charge < -0.3 is 15.6 Å². The lowest BCUT2D eigenvalue weighted by Crippen LogP contribution is -2.06. The molecule has 1 rings (SSSR count). The van der Waals surface area contributed by atoms with E-state index in [-0.39, 0.29) is 12.3 Å². The second-order valence-electron chi connectivity index (χ2n) is 3.12. The normalized spacial score (nSPS) is 10.3. The SMILES string of the molecule is COC(=O)c1nn(CCCCO)cc1N. The number of aliphatic hydroxyl groups excluding tert-OH is 1. The fraction of sp³-hybridized carbons (Fsp3) is 0.556. The zero-order chi connectivity index (χ0) is 11.3. The van der Waals surface area contributed by atoms with Gasteiger partial charge in [-0.25, -0.2) is 4.79 Å². The number of nitrogen functional groups attached to an aromatic ring is 1. The molecule has 0 aliphatic heterocycles. The first-order chi connectivity index (χ1) is 7.19. The molecule has 0 amide bonds. The lowest BCUT2D eigenvalue weighted by atomic mass is 10.3. The molecule has 0 bridgehead atoms. The molecule has 6 nitrogen and oxygen atoms in total. The van der Waals surface area contributed by atoms with Crippen molar-refractivity contribution in [1.29, 1.82) is 0 Å². The van der Waals surface area contributed by atoms with E-state index < -0.39 is 5.97 Å². The van der Waals surface area contributed by atoms with Gasteiger partial charge in [-0.05, 0) is 12.8 Å². The maximum Gasteiger partial charge on any atom is 0.360 e. The fourth-order valence-electron chi connectivity index (χ4n) is 1.19. The molecule has 0 fully saturated rings. The van der Waals surface area contributed by atoms with E-state index in [4.69, 9.17) is 10.8 Å². The number of anilines is 1. The quantitative estimate of drug-likeness (QED) is 0.531. The molecule has 1 aromatic heterocycles. The Morgan fingerprint density at radius 2 is 2.40 bits per heavy atom. The number of aromatic nitrogens is 2. The van der Waals surface area contributed by atoms with Crippen molar-refractivity contribution < 1.29 is 14.6 Å². The predicted octanol–water partition coefficient (Wildman–Crippen LogP) is 0.0244. The lowest BCUT2D eigenvalue weighted by Gasteiger charge is -1.98. The maximum atomic E-state index is 11.2. The van der Waals surface area contributed by atoms with Gasteiger partial charge >= 0.3 is 5.97 Å². The molecule has 0 unspecified atom stereocenters. The number of ether oxygens (including phenoxy) is 1. The van der Waals surface area contributed by atoms with Crippen LogP contribution in [0.2, 0.25) is 0 Å². The monoisotopic (exact) mass is 213 g/mol. The van der Waals surface area contributed by atoms with E-state index in [1.165, 1.54) is 7.11 Å². The molecule has 0 aromatic carbocycles. The molecule has 1 heterocycles. The van der Waals surface area contributed by atoms with Crippen molar-refractivity contribution in [2.75, 3.05) is 19.5 Å². The van der Waals surface area contributed by atoms with Crippen molar-refractivity contribution in [3.8, 4) is 0 Å². The summed E-state index contributed by atoms with van der Waals surface area (Å²) < 4.78 is 6.10. The Hall–Kier alpha value is -1.56. The van der Waals surface area contributed by atoms with E-state index in [0.717, 1.165) is 6.42 Å². The highest BCUT2D eigenvalue weighted by Gasteiger charge is 2.14. The second kappa shape index (κ2) is 5.35. The third-order valence-corrected chi connectivity index (χ3v) is 1.96. The van der Waals surface area contributed by atoms with Crippen LogP contribution in [0.1, 0.15) is 23.3 Å². The molecule has 0 aliphatic carbocycles. The van der Waals surface area contributed by atoms with Crippen molar-refractivity contribution in [1.82, 2.24) is 9.78 Å². The van der Waals surface area contributed by atoms with Crippen LogP contribution in [0.3, 0.4) is 0 Å². The number of aryl methyl sites for hydroxylation is 1. The van der Waals surface area contributed by atoms with Crippen LogP contribution in [-0.2, 0) is 11.3 Å². The highest BCUT2D eigenvalue weighted by atomic mass is 16.5. The minimum atomic E-state index is -0.534. The number of esters is 1. The van der Waals surface area contributed by atoms with Crippen LogP contribution >= 0.6 is 0 Å². The second-order valence-corrected chi connectivity index (χ2v) is 3.12. The number of nitrogens with zero attached hydrogens (tertiary/aromatic N) is 2. The van der Waals surface area contributed by atoms with Gasteiger partial charge in [0.25, 0.3) is 0 Å². The van der Waals surface area contributed by atoms with Crippen molar-refractivity contribution in [3.05, 3.63) is 11.9 Å². The number of hydrogen-bond acceptors (Lipinski definition) is 5. The molecule has 84 valence electrons. The zero-order valence-corrected chi connectivity index (χ0v) is 8.64. The summed E-state index contributed by atoms with van der Waals surface area (Å²) >= 11 is 0.